The van der Waals surface area contributed by atoms with Crippen molar-refractivity contribution >= 4 is 29.2 Å². The summed E-state index contributed by atoms with van der Waals surface area (Å²) in [5.74, 6) is -1.45. The number of rotatable bonds is 7. The van der Waals surface area contributed by atoms with Crippen LogP contribution in [0.5, 0.6) is 5.75 Å². The van der Waals surface area contributed by atoms with E-state index in [0.717, 1.165) is 16.3 Å². The third-order valence-electron chi connectivity index (χ3n) is 4.15. The summed E-state index contributed by atoms with van der Waals surface area (Å²) in [5, 5.41) is 7.08. The van der Waals surface area contributed by atoms with Crippen LogP contribution in [0.2, 0.25) is 5.02 Å². The molecular formula is C22H20ClN3O5. The molecule has 0 spiro atoms. The molecule has 0 fully saturated rings. The topological polar surface area (TPSA) is 99.5 Å². The van der Waals surface area contributed by atoms with Gasteiger partial charge in [-0.05, 0) is 38.1 Å². The van der Waals surface area contributed by atoms with Crippen molar-refractivity contribution in [3.63, 3.8) is 0 Å². The Kier molecular flexibility index (Phi) is 7.04. The van der Waals surface area contributed by atoms with E-state index in [1.54, 1.807) is 43.3 Å². The number of carbonyl (C=O) groups is 2. The third-order valence-corrected chi connectivity index (χ3v) is 4.48. The zero-order valence-corrected chi connectivity index (χ0v) is 17.7. The van der Waals surface area contributed by atoms with Crippen molar-refractivity contribution in [3.05, 3.63) is 81.2 Å². The predicted octanol–water partition coefficient (Wildman–Crippen LogP) is 3.39. The first kappa shape index (κ1) is 22.0. The molecule has 0 aliphatic heterocycles. The van der Waals surface area contributed by atoms with E-state index >= 15 is 0 Å². The molecule has 2 aromatic carbocycles. The van der Waals surface area contributed by atoms with Gasteiger partial charge in [0.25, 0.3) is 11.5 Å². The molecule has 3 aromatic rings. The van der Waals surface area contributed by atoms with Crippen molar-refractivity contribution in [3.8, 4) is 11.4 Å². The van der Waals surface area contributed by atoms with Gasteiger partial charge in [-0.3, -0.25) is 9.59 Å². The zero-order valence-electron chi connectivity index (χ0n) is 16.9. The number of hydrogen-bond acceptors (Lipinski definition) is 6. The summed E-state index contributed by atoms with van der Waals surface area (Å²) in [6.07, 6.45) is 0. The fraction of sp³-hybridized carbons (Fsp3) is 0.182. The molecule has 1 heterocycles. The van der Waals surface area contributed by atoms with Gasteiger partial charge in [-0.2, -0.15) is 9.78 Å². The quantitative estimate of drug-likeness (QED) is 0.564. The van der Waals surface area contributed by atoms with Crippen LogP contribution in [0.15, 0.2) is 59.4 Å². The van der Waals surface area contributed by atoms with E-state index in [1.807, 2.05) is 19.1 Å². The monoisotopic (exact) mass is 441 g/mol. The van der Waals surface area contributed by atoms with Crippen molar-refractivity contribution in [1.82, 2.24) is 9.78 Å². The fourth-order valence-corrected chi connectivity index (χ4v) is 2.84. The third kappa shape index (κ3) is 5.49. The van der Waals surface area contributed by atoms with Crippen LogP contribution in [-0.2, 0) is 9.53 Å². The summed E-state index contributed by atoms with van der Waals surface area (Å²) in [6.45, 7) is 3.20. The van der Waals surface area contributed by atoms with Gasteiger partial charge in [0.2, 0.25) is 5.69 Å². The second kappa shape index (κ2) is 9.90. The maximum Gasteiger partial charge on any atom is 0.362 e. The van der Waals surface area contributed by atoms with Crippen molar-refractivity contribution < 1.29 is 19.1 Å². The van der Waals surface area contributed by atoms with E-state index < -0.39 is 24.0 Å². The van der Waals surface area contributed by atoms with E-state index in [9.17, 15) is 14.4 Å². The normalized spacial score (nSPS) is 10.4. The Morgan fingerprint density at radius 1 is 1.13 bits per heavy atom. The Morgan fingerprint density at radius 2 is 1.84 bits per heavy atom. The number of halogens is 1. The molecule has 0 radical (unpaired) electrons. The Bertz CT molecular complexity index is 1160. The highest BCUT2D eigenvalue weighted by Gasteiger charge is 2.20. The minimum Gasteiger partial charge on any atom is -0.481 e. The van der Waals surface area contributed by atoms with Crippen LogP contribution in [0.4, 0.5) is 5.69 Å². The summed E-state index contributed by atoms with van der Waals surface area (Å²) in [6, 6.07) is 14.9. The maximum atomic E-state index is 12.6. The lowest BCUT2D eigenvalue weighted by atomic mass is 10.2. The highest BCUT2D eigenvalue weighted by Crippen LogP contribution is 2.21. The molecule has 0 bridgehead atoms. The molecule has 1 aromatic heterocycles. The van der Waals surface area contributed by atoms with E-state index in [1.165, 1.54) is 0 Å². The van der Waals surface area contributed by atoms with Gasteiger partial charge in [0, 0.05) is 0 Å². The van der Waals surface area contributed by atoms with Gasteiger partial charge in [0.15, 0.2) is 12.4 Å². The van der Waals surface area contributed by atoms with E-state index in [4.69, 9.17) is 21.1 Å². The SMILES string of the molecule is CCOC(=O)c1nn(-c2ccc(C)cc2)c(=O)cc1OCC(=O)Nc1ccccc1Cl. The second-order valence-corrected chi connectivity index (χ2v) is 6.89. The summed E-state index contributed by atoms with van der Waals surface area (Å²) < 4.78 is 11.5. The lowest BCUT2D eigenvalue weighted by molar-refractivity contribution is -0.118. The van der Waals surface area contributed by atoms with Crippen LogP contribution >= 0.6 is 11.6 Å². The molecule has 8 nitrogen and oxygen atoms in total. The van der Waals surface area contributed by atoms with Crippen molar-refractivity contribution in [2.45, 2.75) is 13.8 Å². The number of aromatic nitrogens is 2. The van der Waals surface area contributed by atoms with Crippen LogP contribution in [-0.4, -0.2) is 34.9 Å². The molecule has 0 saturated heterocycles. The van der Waals surface area contributed by atoms with E-state index in [-0.39, 0.29) is 18.1 Å². The Morgan fingerprint density at radius 3 is 2.52 bits per heavy atom. The Balaban J connectivity index is 1.86. The van der Waals surface area contributed by atoms with E-state index in [2.05, 4.69) is 10.4 Å². The molecule has 1 N–H and O–H groups in total. The molecular weight excluding hydrogens is 422 g/mol. The van der Waals surface area contributed by atoms with Gasteiger partial charge < -0.3 is 14.8 Å². The van der Waals surface area contributed by atoms with Crippen LogP contribution in [0.1, 0.15) is 23.0 Å². The molecule has 0 aliphatic carbocycles. The number of aryl methyl sites for hydroxylation is 1. The standard InChI is InChI=1S/C22H20ClN3O5/c1-3-30-22(29)21-18(31-13-19(27)24-17-7-5-4-6-16(17)23)12-20(28)26(25-21)15-10-8-14(2)9-11-15/h4-12H,3,13H2,1-2H3,(H,24,27). The van der Waals surface area contributed by atoms with Gasteiger partial charge in [0.1, 0.15) is 0 Å². The number of anilines is 1. The number of esters is 1. The average molecular weight is 442 g/mol. The second-order valence-electron chi connectivity index (χ2n) is 6.48. The van der Waals surface area contributed by atoms with Crippen LogP contribution in [0.25, 0.3) is 5.69 Å². The lowest BCUT2D eigenvalue weighted by Gasteiger charge is -2.13. The summed E-state index contributed by atoms with van der Waals surface area (Å²) in [7, 11) is 0. The largest absolute Gasteiger partial charge is 0.481 e. The Hall–Kier alpha value is -3.65. The number of para-hydroxylation sites is 1. The van der Waals surface area contributed by atoms with Crippen molar-refractivity contribution in [1.29, 1.82) is 0 Å². The van der Waals surface area contributed by atoms with Crippen molar-refractivity contribution in [2.24, 2.45) is 0 Å². The molecule has 3 rings (SSSR count). The first-order valence-corrected chi connectivity index (χ1v) is 9.82. The minimum absolute atomic E-state index is 0.108. The van der Waals surface area contributed by atoms with Crippen LogP contribution < -0.4 is 15.6 Å². The molecule has 0 atom stereocenters. The van der Waals surface area contributed by atoms with Crippen LogP contribution in [0, 0.1) is 6.92 Å². The van der Waals surface area contributed by atoms with Gasteiger partial charge in [0.05, 0.1) is 29.1 Å². The summed E-state index contributed by atoms with van der Waals surface area (Å²) >= 11 is 6.02. The number of benzene rings is 2. The van der Waals surface area contributed by atoms with Gasteiger partial charge in [-0.1, -0.05) is 41.4 Å². The highest BCUT2D eigenvalue weighted by molar-refractivity contribution is 6.33. The number of carbonyl (C=O) groups excluding carboxylic acids is 2. The minimum atomic E-state index is -0.773. The Labute approximate surface area is 183 Å². The zero-order chi connectivity index (χ0) is 22.4. The average Bonchev–Trinajstić information content (AvgIpc) is 2.75. The molecule has 1 amide bonds. The molecule has 0 saturated carbocycles. The first-order valence-electron chi connectivity index (χ1n) is 9.44. The smallest absolute Gasteiger partial charge is 0.362 e. The number of nitrogens with zero attached hydrogens (tertiary/aromatic N) is 2. The van der Waals surface area contributed by atoms with Gasteiger partial charge >= 0.3 is 5.97 Å². The highest BCUT2D eigenvalue weighted by atomic mass is 35.5. The van der Waals surface area contributed by atoms with E-state index in [0.29, 0.717) is 16.4 Å². The number of nitrogens with one attached hydrogen (secondary N) is 1. The predicted molar refractivity (Wildman–Crippen MR) is 116 cm³/mol. The number of ether oxygens (including phenoxy) is 2. The summed E-state index contributed by atoms with van der Waals surface area (Å²) in [5.41, 5.74) is 1.15. The van der Waals surface area contributed by atoms with Crippen molar-refractivity contribution in [2.75, 3.05) is 18.5 Å². The maximum absolute atomic E-state index is 12.6. The lowest BCUT2D eigenvalue weighted by Crippen LogP contribution is -2.27. The number of hydrogen-bond donors (Lipinski definition) is 1. The molecule has 31 heavy (non-hydrogen) atoms. The van der Waals surface area contributed by atoms with Gasteiger partial charge in [-0.15, -0.1) is 0 Å². The van der Waals surface area contributed by atoms with Gasteiger partial charge in [-0.25, -0.2) is 4.79 Å². The molecule has 9 heteroatoms. The molecule has 0 aliphatic rings. The molecule has 160 valence electrons. The van der Waals surface area contributed by atoms with Crippen LogP contribution in [0.3, 0.4) is 0 Å². The first-order chi connectivity index (χ1) is 14.9. The fourth-order valence-electron chi connectivity index (χ4n) is 2.65. The number of amides is 1. The summed E-state index contributed by atoms with van der Waals surface area (Å²) in [4.78, 5) is 37.2. The molecule has 0 unspecified atom stereocenters.